The third-order valence-electron chi connectivity index (χ3n) is 2.10. The Kier molecular flexibility index (Phi) is 3.88. The first-order valence-electron chi connectivity index (χ1n) is 4.65. The summed E-state index contributed by atoms with van der Waals surface area (Å²) in [5, 5.41) is 5.88. The van der Waals surface area contributed by atoms with Crippen molar-refractivity contribution >= 4 is 15.7 Å². The smallest absolute Gasteiger partial charge is 0.235 e. The van der Waals surface area contributed by atoms with Crippen LogP contribution in [0.15, 0.2) is 0 Å². The molecule has 1 heterocycles. The van der Waals surface area contributed by atoms with E-state index in [1.807, 2.05) is 0 Å². The highest BCUT2D eigenvalue weighted by Gasteiger charge is 2.17. The molecule has 1 saturated heterocycles. The van der Waals surface area contributed by atoms with Crippen molar-refractivity contribution in [2.75, 3.05) is 25.1 Å². The highest BCUT2D eigenvalue weighted by atomic mass is 32.2. The van der Waals surface area contributed by atoms with E-state index in [1.54, 1.807) is 0 Å². The lowest BCUT2D eigenvalue weighted by molar-refractivity contribution is -0.119. The molecule has 0 aromatic heterocycles. The highest BCUT2D eigenvalue weighted by Crippen LogP contribution is 2.01. The number of sulfone groups is 1. The maximum Gasteiger partial charge on any atom is 0.235 e. The van der Waals surface area contributed by atoms with Crippen LogP contribution in [0.2, 0.25) is 0 Å². The molecule has 14 heavy (non-hydrogen) atoms. The van der Waals surface area contributed by atoms with Gasteiger partial charge in [0.1, 0.15) is 5.75 Å². The van der Waals surface area contributed by atoms with Crippen molar-refractivity contribution in [3.05, 3.63) is 0 Å². The van der Waals surface area contributed by atoms with Crippen molar-refractivity contribution in [1.82, 2.24) is 10.6 Å². The van der Waals surface area contributed by atoms with Crippen molar-refractivity contribution in [1.29, 1.82) is 0 Å². The molecule has 0 unspecified atom stereocenters. The molecule has 1 rings (SSSR count). The van der Waals surface area contributed by atoms with E-state index in [-0.39, 0.29) is 11.9 Å². The summed E-state index contributed by atoms with van der Waals surface area (Å²) in [4.78, 5) is 11.2. The van der Waals surface area contributed by atoms with Gasteiger partial charge in [-0.05, 0) is 25.9 Å². The molecule has 5 nitrogen and oxygen atoms in total. The fourth-order valence-corrected chi connectivity index (χ4v) is 2.03. The lowest BCUT2D eigenvalue weighted by atomic mass is 10.1. The summed E-state index contributed by atoms with van der Waals surface area (Å²) in [5.74, 6) is -0.795. The lowest BCUT2D eigenvalue weighted by Gasteiger charge is -2.23. The molecular formula is C8H16N2O3S. The summed E-state index contributed by atoms with van der Waals surface area (Å²) in [6, 6.07) is 0.130. The van der Waals surface area contributed by atoms with E-state index in [0.717, 1.165) is 32.2 Å². The van der Waals surface area contributed by atoms with Gasteiger partial charge in [-0.15, -0.1) is 0 Å². The molecule has 1 amide bonds. The Hall–Kier alpha value is -0.620. The minimum atomic E-state index is -3.20. The number of hydrogen-bond acceptors (Lipinski definition) is 4. The second-order valence-electron chi connectivity index (χ2n) is 3.66. The van der Waals surface area contributed by atoms with E-state index < -0.39 is 15.6 Å². The molecule has 0 spiro atoms. The minimum Gasteiger partial charge on any atom is -0.352 e. The second kappa shape index (κ2) is 4.75. The zero-order valence-corrected chi connectivity index (χ0v) is 9.06. The molecule has 0 atom stereocenters. The quantitative estimate of drug-likeness (QED) is 0.633. The largest absolute Gasteiger partial charge is 0.352 e. The summed E-state index contributed by atoms with van der Waals surface area (Å²) >= 11 is 0. The molecule has 6 heteroatoms. The first-order valence-corrected chi connectivity index (χ1v) is 6.71. The molecule has 0 bridgehead atoms. The molecule has 0 aromatic rings. The normalized spacial score (nSPS) is 19.2. The molecular weight excluding hydrogens is 204 g/mol. The summed E-state index contributed by atoms with van der Waals surface area (Å²) in [7, 11) is -3.20. The first-order chi connectivity index (χ1) is 6.47. The number of nitrogens with one attached hydrogen (secondary N) is 2. The van der Waals surface area contributed by atoms with Crippen LogP contribution in [-0.4, -0.2) is 45.5 Å². The fraction of sp³-hybridized carbons (Fsp3) is 0.875. The molecule has 2 N–H and O–H groups in total. The minimum absolute atomic E-state index is 0.130. The Balaban J connectivity index is 2.32. The van der Waals surface area contributed by atoms with Crippen LogP contribution in [0.1, 0.15) is 12.8 Å². The number of amides is 1. The molecule has 0 aromatic carbocycles. The van der Waals surface area contributed by atoms with Crippen LogP contribution < -0.4 is 10.6 Å². The van der Waals surface area contributed by atoms with Crippen LogP contribution in [0, 0.1) is 0 Å². The molecule has 1 fully saturated rings. The number of piperidine rings is 1. The van der Waals surface area contributed by atoms with Gasteiger partial charge in [0.2, 0.25) is 5.91 Å². The summed E-state index contributed by atoms with van der Waals surface area (Å²) < 4.78 is 21.6. The fourth-order valence-electron chi connectivity index (χ4n) is 1.47. The average Bonchev–Trinajstić information content (AvgIpc) is 2.02. The monoisotopic (exact) mass is 220 g/mol. The Morgan fingerprint density at radius 1 is 1.43 bits per heavy atom. The van der Waals surface area contributed by atoms with Crippen LogP contribution in [0.3, 0.4) is 0 Å². The Morgan fingerprint density at radius 2 is 2.00 bits per heavy atom. The van der Waals surface area contributed by atoms with Gasteiger partial charge in [-0.3, -0.25) is 4.79 Å². The zero-order chi connectivity index (χ0) is 10.6. The zero-order valence-electron chi connectivity index (χ0n) is 8.25. The third kappa shape index (κ3) is 4.57. The van der Waals surface area contributed by atoms with Crippen molar-refractivity contribution < 1.29 is 13.2 Å². The van der Waals surface area contributed by atoms with Crippen LogP contribution >= 0.6 is 0 Å². The molecule has 0 saturated carbocycles. The number of carbonyl (C=O) groups excluding carboxylic acids is 1. The average molecular weight is 220 g/mol. The summed E-state index contributed by atoms with van der Waals surface area (Å²) in [6.07, 6.45) is 2.81. The number of hydrogen-bond donors (Lipinski definition) is 2. The lowest BCUT2D eigenvalue weighted by Crippen LogP contribution is -2.44. The topological polar surface area (TPSA) is 75.3 Å². The number of rotatable bonds is 3. The predicted molar refractivity (Wildman–Crippen MR) is 53.7 cm³/mol. The van der Waals surface area contributed by atoms with Crippen LogP contribution in [0.5, 0.6) is 0 Å². The third-order valence-corrected chi connectivity index (χ3v) is 2.88. The SMILES string of the molecule is CS(=O)(=O)CC(=O)NC1CCNCC1. The summed E-state index contributed by atoms with van der Waals surface area (Å²) in [5.41, 5.74) is 0. The Labute approximate surface area is 84.2 Å². The van der Waals surface area contributed by atoms with Gasteiger partial charge in [-0.2, -0.15) is 0 Å². The van der Waals surface area contributed by atoms with E-state index in [9.17, 15) is 13.2 Å². The van der Waals surface area contributed by atoms with Gasteiger partial charge in [-0.1, -0.05) is 0 Å². The van der Waals surface area contributed by atoms with Crippen molar-refractivity contribution in [3.8, 4) is 0 Å². The van der Waals surface area contributed by atoms with Gasteiger partial charge in [0.25, 0.3) is 0 Å². The standard InChI is InChI=1S/C8H16N2O3S/c1-14(12,13)6-8(11)10-7-2-4-9-5-3-7/h7,9H,2-6H2,1H3,(H,10,11). The van der Waals surface area contributed by atoms with Gasteiger partial charge >= 0.3 is 0 Å². The maximum atomic E-state index is 11.2. The molecule has 0 aliphatic carbocycles. The Morgan fingerprint density at radius 3 is 2.50 bits per heavy atom. The van der Waals surface area contributed by atoms with E-state index in [0.29, 0.717) is 0 Å². The van der Waals surface area contributed by atoms with E-state index in [4.69, 9.17) is 0 Å². The maximum absolute atomic E-state index is 11.2. The number of carbonyl (C=O) groups is 1. The van der Waals surface area contributed by atoms with E-state index in [1.165, 1.54) is 0 Å². The predicted octanol–water partition coefficient (Wildman–Crippen LogP) is -1.10. The van der Waals surface area contributed by atoms with Gasteiger partial charge < -0.3 is 10.6 Å². The second-order valence-corrected chi connectivity index (χ2v) is 5.80. The highest BCUT2D eigenvalue weighted by molar-refractivity contribution is 7.91. The van der Waals surface area contributed by atoms with Crippen molar-refractivity contribution in [2.24, 2.45) is 0 Å². The van der Waals surface area contributed by atoms with Crippen LogP contribution in [0.25, 0.3) is 0 Å². The summed E-state index contributed by atoms with van der Waals surface area (Å²) in [6.45, 7) is 1.76. The molecule has 1 aliphatic rings. The van der Waals surface area contributed by atoms with E-state index in [2.05, 4.69) is 10.6 Å². The van der Waals surface area contributed by atoms with Crippen molar-refractivity contribution in [2.45, 2.75) is 18.9 Å². The van der Waals surface area contributed by atoms with Crippen molar-refractivity contribution in [3.63, 3.8) is 0 Å². The molecule has 82 valence electrons. The molecule has 0 radical (unpaired) electrons. The van der Waals surface area contributed by atoms with Crippen LogP contribution in [-0.2, 0) is 14.6 Å². The van der Waals surface area contributed by atoms with Crippen LogP contribution in [0.4, 0.5) is 0 Å². The van der Waals surface area contributed by atoms with Gasteiger partial charge in [0.05, 0.1) is 0 Å². The van der Waals surface area contributed by atoms with Gasteiger partial charge in [-0.25, -0.2) is 8.42 Å². The first kappa shape index (κ1) is 11.5. The van der Waals surface area contributed by atoms with Gasteiger partial charge in [0, 0.05) is 12.3 Å². The van der Waals surface area contributed by atoms with Gasteiger partial charge in [0.15, 0.2) is 9.84 Å². The Bertz CT molecular complexity index is 294. The van der Waals surface area contributed by atoms with E-state index >= 15 is 0 Å². The molecule has 1 aliphatic heterocycles.